The average molecular weight is 578 g/mol. The maximum Gasteiger partial charge on any atom is 0.209 e. The van der Waals surface area contributed by atoms with Gasteiger partial charge >= 0.3 is 0 Å². The van der Waals surface area contributed by atoms with Crippen LogP contribution in [0.3, 0.4) is 0 Å². The van der Waals surface area contributed by atoms with Crippen molar-refractivity contribution in [1.82, 2.24) is 0 Å². The number of allylic oxidation sites excluding steroid dienone is 8. The van der Waals surface area contributed by atoms with Crippen molar-refractivity contribution in [2.24, 2.45) is 0 Å². The molecule has 4 rings (SSSR count). The Labute approximate surface area is 236 Å². The fourth-order valence-electron chi connectivity index (χ4n) is 5.10. The number of hydrogen-bond donors (Lipinski definition) is 0. The van der Waals surface area contributed by atoms with Crippen LogP contribution in [-0.2, 0) is 10.8 Å². The van der Waals surface area contributed by atoms with Crippen LogP contribution in [0.5, 0.6) is 0 Å². The average Bonchev–Trinajstić information content (AvgIpc) is 3.10. The molecule has 0 saturated carbocycles. The van der Waals surface area contributed by atoms with Gasteiger partial charge in [0.25, 0.3) is 0 Å². The normalized spacial score (nSPS) is 19.1. The van der Waals surface area contributed by atoms with Crippen LogP contribution in [0.4, 0.5) is 11.4 Å². The second kappa shape index (κ2) is 11.4. The minimum Gasteiger partial charge on any atom is -0.347 e. The van der Waals surface area contributed by atoms with Crippen molar-refractivity contribution in [3.05, 3.63) is 106 Å². The van der Waals surface area contributed by atoms with E-state index in [4.69, 9.17) is 41.8 Å². The van der Waals surface area contributed by atoms with Crippen LogP contribution in [0, 0.1) is 10.2 Å². The zero-order chi connectivity index (χ0) is 28.5. The summed E-state index contributed by atoms with van der Waals surface area (Å²) in [7, 11) is -0.718. The number of nitrogens with zero attached hydrogens (tertiary/aromatic N) is 2. The van der Waals surface area contributed by atoms with Crippen LogP contribution in [0.25, 0.3) is 0 Å². The molecule has 9 heteroatoms. The first-order chi connectivity index (χ1) is 17.5. The van der Waals surface area contributed by atoms with E-state index in [0.29, 0.717) is 0 Å². The van der Waals surface area contributed by atoms with Gasteiger partial charge < -0.3 is 4.90 Å². The lowest BCUT2D eigenvalue weighted by Crippen LogP contribution is -2.68. The molecule has 202 valence electrons. The zero-order valence-corrected chi connectivity index (χ0v) is 24.4. The molecule has 0 N–H and O–H groups in total. The third kappa shape index (κ3) is 6.58. The number of likely N-dealkylation sites (N-methyl/N-ethyl adjacent to an activating group) is 1. The summed E-state index contributed by atoms with van der Waals surface area (Å²) in [4.78, 5) is 2.25. The Hall–Kier alpha value is -2.42. The van der Waals surface area contributed by atoms with Gasteiger partial charge in [-0.2, -0.15) is 4.58 Å². The highest BCUT2D eigenvalue weighted by molar-refractivity contribution is 6.31. The van der Waals surface area contributed by atoms with E-state index in [1.54, 1.807) is 0 Å². The SMILES string of the molecule is CN1C(=CC=CC=CC=CC2=[N+](C)c3ccc(Cl)cc3C2(C)C)C(C)(C)c2cc(Cl)ccc21.[O-][Cl+3]([O-])([O-])[O-]. The maximum atomic E-state index is 8.49. The highest BCUT2D eigenvalue weighted by Crippen LogP contribution is 2.47. The third-order valence-electron chi connectivity index (χ3n) is 6.94. The summed E-state index contributed by atoms with van der Waals surface area (Å²) in [5, 5.41) is 1.56. The van der Waals surface area contributed by atoms with E-state index >= 15 is 0 Å². The van der Waals surface area contributed by atoms with Crippen LogP contribution >= 0.6 is 23.2 Å². The van der Waals surface area contributed by atoms with Crippen molar-refractivity contribution in [2.45, 2.75) is 38.5 Å². The van der Waals surface area contributed by atoms with Gasteiger partial charge in [0.15, 0.2) is 5.71 Å². The van der Waals surface area contributed by atoms with Gasteiger partial charge in [0.1, 0.15) is 7.05 Å². The van der Waals surface area contributed by atoms with E-state index in [2.05, 4.69) is 118 Å². The number of halogens is 3. The zero-order valence-electron chi connectivity index (χ0n) is 22.2. The first kappa shape index (κ1) is 30.1. The molecule has 0 bridgehead atoms. The molecule has 0 atom stereocenters. The molecule has 0 unspecified atom stereocenters. The summed E-state index contributed by atoms with van der Waals surface area (Å²) in [5.74, 6) is 0. The van der Waals surface area contributed by atoms with Crippen LogP contribution in [0.2, 0.25) is 10.0 Å². The minimum atomic E-state index is -4.94. The van der Waals surface area contributed by atoms with Crippen molar-refractivity contribution in [3.8, 4) is 0 Å². The highest BCUT2D eigenvalue weighted by Gasteiger charge is 2.43. The molecule has 6 nitrogen and oxygen atoms in total. The summed E-state index contributed by atoms with van der Waals surface area (Å²) < 4.78 is 36.2. The third-order valence-corrected chi connectivity index (χ3v) is 7.41. The van der Waals surface area contributed by atoms with Gasteiger partial charge in [-0.15, -0.1) is 10.2 Å². The Bertz CT molecular complexity index is 1360. The smallest absolute Gasteiger partial charge is 0.209 e. The molecule has 2 aromatic carbocycles. The van der Waals surface area contributed by atoms with E-state index in [1.807, 2.05) is 12.1 Å². The molecule has 2 aliphatic rings. The Morgan fingerprint density at radius 1 is 0.789 bits per heavy atom. The molecular formula is C29H31Cl3N2O4. The molecule has 0 aromatic heterocycles. The van der Waals surface area contributed by atoms with E-state index in [-0.39, 0.29) is 10.8 Å². The molecule has 2 aromatic rings. The summed E-state index contributed by atoms with van der Waals surface area (Å²) in [6.07, 6.45) is 14.8. The fraction of sp³-hybridized carbons (Fsp3) is 0.276. The van der Waals surface area contributed by atoms with Crippen molar-refractivity contribution in [2.75, 3.05) is 19.0 Å². The molecule has 0 spiro atoms. The monoisotopic (exact) mass is 576 g/mol. The van der Waals surface area contributed by atoms with E-state index in [0.717, 1.165) is 10.0 Å². The quantitative estimate of drug-likeness (QED) is 0.411. The molecule has 0 saturated heterocycles. The maximum absolute atomic E-state index is 8.49. The Morgan fingerprint density at radius 3 is 1.95 bits per heavy atom. The number of rotatable bonds is 4. The van der Waals surface area contributed by atoms with E-state index in [9.17, 15) is 0 Å². The van der Waals surface area contributed by atoms with Crippen LogP contribution < -0.4 is 23.5 Å². The van der Waals surface area contributed by atoms with Gasteiger partial charge in [-0.3, -0.25) is 0 Å². The summed E-state index contributed by atoms with van der Waals surface area (Å²) in [6.45, 7) is 8.97. The predicted octanol–water partition coefficient (Wildman–Crippen LogP) is 3.22. The van der Waals surface area contributed by atoms with Gasteiger partial charge in [0, 0.05) is 51.6 Å². The lowest BCUT2D eigenvalue weighted by atomic mass is 9.81. The molecule has 0 fully saturated rings. The Morgan fingerprint density at radius 2 is 1.32 bits per heavy atom. The number of anilines is 1. The number of benzene rings is 2. The van der Waals surface area contributed by atoms with Gasteiger partial charge in [-0.25, -0.2) is 18.6 Å². The molecule has 2 aliphatic heterocycles. The summed E-state index contributed by atoms with van der Waals surface area (Å²) in [5.41, 5.74) is 7.28. The standard InChI is InChI=1S/C29H31Cl2N2.ClHO4/c1-28(2)22-18-20(30)14-16-24(22)32(5)26(28)12-10-8-7-9-11-13-27-29(3,4)23-19-21(31)15-17-25(23)33(27)6;2-1(3,4)5/h7-19H,1-6H3;(H,2,3,4,5)/q+1;/p-1. The van der Waals surface area contributed by atoms with Crippen LogP contribution in [-0.4, -0.2) is 24.4 Å². The van der Waals surface area contributed by atoms with Crippen LogP contribution in [0.1, 0.15) is 38.8 Å². The first-order valence-electron chi connectivity index (χ1n) is 11.8. The minimum absolute atomic E-state index is 0.0872. The van der Waals surface area contributed by atoms with Gasteiger partial charge in [-0.05, 0) is 55.8 Å². The fourth-order valence-corrected chi connectivity index (χ4v) is 5.45. The number of hydrogen-bond acceptors (Lipinski definition) is 5. The van der Waals surface area contributed by atoms with Crippen molar-refractivity contribution >= 4 is 40.3 Å². The van der Waals surface area contributed by atoms with E-state index < -0.39 is 10.2 Å². The Kier molecular flexibility index (Phi) is 9.01. The molecular weight excluding hydrogens is 547 g/mol. The van der Waals surface area contributed by atoms with Gasteiger partial charge in [0.05, 0.1) is 5.41 Å². The molecule has 0 radical (unpaired) electrons. The largest absolute Gasteiger partial charge is 0.347 e. The van der Waals surface area contributed by atoms with Gasteiger partial charge in [0.2, 0.25) is 5.69 Å². The molecule has 38 heavy (non-hydrogen) atoms. The van der Waals surface area contributed by atoms with Gasteiger partial charge in [-0.1, -0.05) is 67.4 Å². The molecule has 0 aliphatic carbocycles. The molecule has 0 amide bonds. The lowest BCUT2D eigenvalue weighted by Gasteiger charge is -2.23. The van der Waals surface area contributed by atoms with E-state index in [1.165, 1.54) is 33.9 Å². The summed E-state index contributed by atoms with van der Waals surface area (Å²) >= 11 is 12.5. The second-order valence-corrected chi connectivity index (χ2v) is 11.8. The van der Waals surface area contributed by atoms with Crippen molar-refractivity contribution in [1.29, 1.82) is 0 Å². The lowest BCUT2D eigenvalue weighted by molar-refractivity contribution is -2.00. The topological polar surface area (TPSA) is 98.5 Å². The van der Waals surface area contributed by atoms with Crippen molar-refractivity contribution in [3.63, 3.8) is 0 Å². The predicted molar refractivity (Wildman–Crippen MR) is 144 cm³/mol. The van der Waals surface area contributed by atoms with Crippen LogP contribution in [0.15, 0.2) is 84.6 Å². The second-order valence-electron chi connectivity index (χ2n) is 10.1. The highest BCUT2D eigenvalue weighted by atomic mass is 35.7. The van der Waals surface area contributed by atoms with Crippen molar-refractivity contribution < 1.29 is 33.5 Å². The number of fused-ring (bicyclic) bond motifs is 2. The molecule has 2 heterocycles. The first-order valence-corrected chi connectivity index (χ1v) is 13.8. The summed E-state index contributed by atoms with van der Waals surface area (Å²) in [6, 6.07) is 12.3. The Balaban J connectivity index is 0.000000732.